The van der Waals surface area contributed by atoms with Crippen molar-refractivity contribution in [1.82, 2.24) is 14.9 Å². The number of hydrogen-bond acceptors (Lipinski definition) is 5. The largest absolute Gasteiger partial charge is 0.493 e. The SMILES string of the molecule is CS(=O)(=O)Cc1nc2ccccc2n1CC(=O)NC1CCOc2ccc(Br)cc21. The number of fused-ring (bicyclic) bond motifs is 2. The fourth-order valence-electron chi connectivity index (χ4n) is 3.55. The maximum atomic E-state index is 12.9. The van der Waals surface area contributed by atoms with E-state index in [2.05, 4.69) is 26.2 Å². The number of para-hydroxylation sites is 2. The molecule has 1 N–H and O–H groups in total. The van der Waals surface area contributed by atoms with E-state index in [0.29, 0.717) is 24.4 Å². The van der Waals surface area contributed by atoms with Crippen LogP contribution in [-0.4, -0.2) is 36.7 Å². The van der Waals surface area contributed by atoms with Crippen LogP contribution in [0.3, 0.4) is 0 Å². The van der Waals surface area contributed by atoms with Gasteiger partial charge in [0.05, 0.1) is 23.7 Å². The van der Waals surface area contributed by atoms with Gasteiger partial charge in [-0.05, 0) is 30.3 Å². The molecule has 4 rings (SSSR count). The number of nitrogens with one attached hydrogen (secondary N) is 1. The van der Waals surface area contributed by atoms with Crippen molar-refractivity contribution < 1.29 is 17.9 Å². The Labute approximate surface area is 177 Å². The summed E-state index contributed by atoms with van der Waals surface area (Å²) in [7, 11) is -3.29. The Kier molecular flexibility index (Phi) is 5.35. The number of hydrogen-bond donors (Lipinski definition) is 1. The molecule has 2 aromatic carbocycles. The average Bonchev–Trinajstić information content (AvgIpc) is 2.97. The molecule has 3 aromatic rings. The van der Waals surface area contributed by atoms with Crippen molar-refractivity contribution in [2.45, 2.75) is 24.8 Å². The average molecular weight is 478 g/mol. The molecule has 9 heteroatoms. The summed E-state index contributed by atoms with van der Waals surface area (Å²) < 4.78 is 31.9. The third-order valence-electron chi connectivity index (χ3n) is 4.77. The van der Waals surface area contributed by atoms with Crippen LogP contribution in [-0.2, 0) is 26.9 Å². The molecule has 7 nitrogen and oxygen atoms in total. The summed E-state index contributed by atoms with van der Waals surface area (Å²) in [4.78, 5) is 17.3. The van der Waals surface area contributed by atoms with Crippen LogP contribution in [0.5, 0.6) is 5.75 Å². The Morgan fingerprint density at radius 2 is 2.10 bits per heavy atom. The van der Waals surface area contributed by atoms with Gasteiger partial charge >= 0.3 is 0 Å². The van der Waals surface area contributed by atoms with Gasteiger partial charge in [0.25, 0.3) is 0 Å². The van der Waals surface area contributed by atoms with Crippen LogP contribution >= 0.6 is 15.9 Å². The number of carbonyl (C=O) groups excluding carboxylic acids is 1. The fourth-order valence-corrected chi connectivity index (χ4v) is 4.61. The molecule has 1 aliphatic heterocycles. The van der Waals surface area contributed by atoms with Crippen molar-refractivity contribution in [1.29, 1.82) is 0 Å². The van der Waals surface area contributed by atoms with E-state index in [9.17, 15) is 13.2 Å². The number of nitrogens with zero attached hydrogens (tertiary/aromatic N) is 2. The predicted molar refractivity (Wildman–Crippen MR) is 113 cm³/mol. The van der Waals surface area contributed by atoms with Crippen LogP contribution in [0.25, 0.3) is 11.0 Å². The summed E-state index contributed by atoms with van der Waals surface area (Å²) in [6.07, 6.45) is 1.82. The van der Waals surface area contributed by atoms with Crippen molar-refractivity contribution >= 4 is 42.7 Å². The molecule has 2 heterocycles. The van der Waals surface area contributed by atoms with Gasteiger partial charge in [-0.1, -0.05) is 28.1 Å². The van der Waals surface area contributed by atoms with Crippen LogP contribution in [0.1, 0.15) is 23.9 Å². The standard InChI is InChI=1S/C20H20BrN3O4S/c1-29(26,27)12-19-22-16-4-2-3-5-17(16)24(19)11-20(25)23-15-8-9-28-18-7-6-13(21)10-14(15)18/h2-7,10,15H,8-9,11-12H2,1H3,(H,23,25). The number of rotatable bonds is 5. The quantitative estimate of drug-likeness (QED) is 0.609. The molecular formula is C20H20BrN3O4S. The maximum absolute atomic E-state index is 12.9. The molecule has 0 aliphatic carbocycles. The van der Waals surface area contributed by atoms with E-state index < -0.39 is 9.84 Å². The van der Waals surface area contributed by atoms with E-state index in [1.165, 1.54) is 0 Å². The van der Waals surface area contributed by atoms with Gasteiger partial charge in [0.15, 0.2) is 9.84 Å². The number of imidazole rings is 1. The maximum Gasteiger partial charge on any atom is 0.240 e. The molecule has 0 spiro atoms. The van der Waals surface area contributed by atoms with E-state index in [1.54, 1.807) is 4.57 Å². The molecule has 1 amide bonds. The Morgan fingerprint density at radius 3 is 2.90 bits per heavy atom. The topological polar surface area (TPSA) is 90.3 Å². The number of aromatic nitrogens is 2. The Balaban J connectivity index is 1.60. The first kappa shape index (κ1) is 19.9. The summed E-state index contributed by atoms with van der Waals surface area (Å²) >= 11 is 3.46. The Bertz CT molecular complexity index is 1190. The summed E-state index contributed by atoms with van der Waals surface area (Å²) in [5.74, 6) is 0.692. The molecule has 0 fully saturated rings. The Hall–Kier alpha value is -2.39. The first-order valence-electron chi connectivity index (χ1n) is 9.13. The lowest BCUT2D eigenvalue weighted by atomic mass is 10.0. The van der Waals surface area contributed by atoms with Crippen molar-refractivity contribution in [3.8, 4) is 5.75 Å². The van der Waals surface area contributed by atoms with E-state index in [1.807, 2.05) is 42.5 Å². The van der Waals surface area contributed by atoms with E-state index in [0.717, 1.165) is 27.6 Å². The molecule has 0 saturated carbocycles. The molecule has 0 bridgehead atoms. The monoisotopic (exact) mass is 477 g/mol. The highest BCUT2D eigenvalue weighted by Gasteiger charge is 2.24. The number of carbonyl (C=O) groups is 1. The van der Waals surface area contributed by atoms with Gasteiger partial charge < -0.3 is 14.6 Å². The molecule has 152 valence electrons. The normalized spacial score (nSPS) is 16.3. The summed E-state index contributed by atoms with van der Waals surface area (Å²) in [5.41, 5.74) is 2.32. The first-order valence-corrected chi connectivity index (χ1v) is 12.0. The zero-order chi connectivity index (χ0) is 20.6. The minimum Gasteiger partial charge on any atom is -0.493 e. The second kappa shape index (κ2) is 7.79. The first-order chi connectivity index (χ1) is 13.8. The molecule has 1 unspecified atom stereocenters. The molecular weight excluding hydrogens is 458 g/mol. The molecule has 0 radical (unpaired) electrons. The number of halogens is 1. The van der Waals surface area contributed by atoms with Crippen LogP contribution in [0.15, 0.2) is 46.9 Å². The lowest BCUT2D eigenvalue weighted by Gasteiger charge is -2.27. The van der Waals surface area contributed by atoms with Gasteiger partial charge in [-0.25, -0.2) is 13.4 Å². The van der Waals surface area contributed by atoms with E-state index in [-0.39, 0.29) is 24.2 Å². The van der Waals surface area contributed by atoms with Crippen LogP contribution < -0.4 is 10.1 Å². The molecule has 1 aromatic heterocycles. The highest BCUT2D eigenvalue weighted by Crippen LogP contribution is 2.34. The van der Waals surface area contributed by atoms with Gasteiger partial charge in [0.1, 0.15) is 23.9 Å². The fraction of sp³-hybridized carbons (Fsp3) is 0.300. The second-order valence-electron chi connectivity index (χ2n) is 7.11. The molecule has 0 saturated heterocycles. The van der Waals surface area contributed by atoms with Gasteiger partial charge in [-0.2, -0.15) is 0 Å². The third kappa shape index (κ3) is 4.45. The van der Waals surface area contributed by atoms with Crippen molar-refractivity contribution in [2.24, 2.45) is 0 Å². The summed E-state index contributed by atoms with van der Waals surface area (Å²) in [6, 6.07) is 12.9. The zero-order valence-corrected chi connectivity index (χ0v) is 18.2. The lowest BCUT2D eigenvalue weighted by Crippen LogP contribution is -2.34. The Morgan fingerprint density at radius 1 is 1.31 bits per heavy atom. The number of benzene rings is 2. The van der Waals surface area contributed by atoms with Crippen molar-refractivity contribution in [3.63, 3.8) is 0 Å². The van der Waals surface area contributed by atoms with Gasteiger partial charge in [-0.15, -0.1) is 0 Å². The predicted octanol–water partition coefficient (Wildman–Crippen LogP) is 2.98. The third-order valence-corrected chi connectivity index (χ3v) is 6.05. The zero-order valence-electron chi connectivity index (χ0n) is 15.8. The summed E-state index contributed by atoms with van der Waals surface area (Å²) in [5, 5.41) is 3.06. The molecule has 1 atom stereocenters. The second-order valence-corrected chi connectivity index (χ2v) is 10.2. The number of sulfone groups is 1. The van der Waals surface area contributed by atoms with E-state index >= 15 is 0 Å². The number of ether oxygens (including phenoxy) is 1. The minimum absolute atomic E-state index is 0.00788. The molecule has 29 heavy (non-hydrogen) atoms. The molecule has 1 aliphatic rings. The van der Waals surface area contributed by atoms with Gasteiger partial charge in [-0.3, -0.25) is 4.79 Å². The van der Waals surface area contributed by atoms with E-state index in [4.69, 9.17) is 4.74 Å². The van der Waals surface area contributed by atoms with Crippen LogP contribution in [0, 0.1) is 0 Å². The lowest BCUT2D eigenvalue weighted by molar-refractivity contribution is -0.122. The van der Waals surface area contributed by atoms with Crippen molar-refractivity contribution in [2.75, 3.05) is 12.9 Å². The van der Waals surface area contributed by atoms with Gasteiger partial charge in [0.2, 0.25) is 5.91 Å². The number of amides is 1. The highest BCUT2D eigenvalue weighted by molar-refractivity contribution is 9.10. The minimum atomic E-state index is -3.29. The van der Waals surface area contributed by atoms with Crippen molar-refractivity contribution in [3.05, 3.63) is 58.3 Å². The smallest absolute Gasteiger partial charge is 0.240 e. The van der Waals surface area contributed by atoms with Gasteiger partial charge in [0, 0.05) is 22.7 Å². The highest BCUT2D eigenvalue weighted by atomic mass is 79.9. The van der Waals surface area contributed by atoms with Crippen LogP contribution in [0.2, 0.25) is 0 Å². The van der Waals surface area contributed by atoms with Crippen LogP contribution in [0.4, 0.5) is 0 Å². The summed E-state index contributed by atoms with van der Waals surface area (Å²) in [6.45, 7) is 0.513.